The minimum absolute atomic E-state index is 0.183. The van der Waals surface area contributed by atoms with Crippen molar-refractivity contribution >= 4 is 0 Å². The van der Waals surface area contributed by atoms with Crippen LogP contribution in [0.25, 0.3) is 0 Å². The quantitative estimate of drug-likeness (QED) is 0.487. The third kappa shape index (κ3) is 6.33. The predicted molar refractivity (Wildman–Crippen MR) is 125 cm³/mol. The Morgan fingerprint density at radius 2 is 1.58 bits per heavy atom. The largest absolute Gasteiger partial charge is 0.493 e. The van der Waals surface area contributed by atoms with Crippen LogP contribution in [-0.4, -0.2) is 25.4 Å². The molecule has 0 bridgehead atoms. The normalized spacial score (nSPS) is 11.9. The van der Waals surface area contributed by atoms with Crippen molar-refractivity contribution < 1.29 is 19.9 Å². The van der Waals surface area contributed by atoms with Crippen LogP contribution >= 0.6 is 0 Å². The molecule has 1 atom stereocenters. The minimum atomic E-state index is -0.685. The maximum atomic E-state index is 10.7. The van der Waals surface area contributed by atoms with Crippen molar-refractivity contribution in [1.82, 2.24) is 0 Å². The van der Waals surface area contributed by atoms with Gasteiger partial charge in [0.1, 0.15) is 19.3 Å². The van der Waals surface area contributed by atoms with E-state index in [0.717, 1.165) is 30.6 Å². The first-order chi connectivity index (χ1) is 15.0. The van der Waals surface area contributed by atoms with Gasteiger partial charge in [0.05, 0.1) is 13.7 Å². The highest BCUT2D eigenvalue weighted by molar-refractivity contribution is 5.43. The zero-order chi connectivity index (χ0) is 22.2. The number of nitrogens with two attached hydrogens (primary N) is 1. The van der Waals surface area contributed by atoms with E-state index in [-0.39, 0.29) is 6.61 Å². The summed E-state index contributed by atoms with van der Waals surface area (Å²) in [5, 5.41) is 13.0. The second kappa shape index (κ2) is 11.0. The number of methoxy groups -OCH3 is 1. The molecule has 0 fully saturated rings. The summed E-state index contributed by atoms with van der Waals surface area (Å²) in [6.45, 7) is 8.27. The van der Waals surface area contributed by atoms with E-state index in [1.54, 1.807) is 7.11 Å². The second-order valence-electron chi connectivity index (χ2n) is 8.12. The maximum absolute atomic E-state index is 10.7. The van der Waals surface area contributed by atoms with Crippen LogP contribution in [0.4, 0.5) is 0 Å². The molecule has 3 aromatic rings. The van der Waals surface area contributed by atoms with Crippen LogP contribution in [0, 0.1) is 20.8 Å². The Bertz CT molecular complexity index is 985. The number of hydrogen-bond acceptors (Lipinski definition) is 3. The molecule has 4 heteroatoms. The van der Waals surface area contributed by atoms with Gasteiger partial charge >= 0.3 is 0 Å². The molecule has 0 aliphatic heterocycles. The predicted octanol–water partition coefficient (Wildman–Crippen LogP) is 4.04. The first-order valence-electron chi connectivity index (χ1n) is 10.9. The molecule has 0 amide bonds. The van der Waals surface area contributed by atoms with E-state index < -0.39 is 6.10 Å². The van der Waals surface area contributed by atoms with Crippen LogP contribution in [-0.2, 0) is 13.0 Å². The topological polar surface area (TPSA) is 55.3 Å². The summed E-state index contributed by atoms with van der Waals surface area (Å²) in [5.41, 5.74) is 6.93. The summed E-state index contributed by atoms with van der Waals surface area (Å²) < 4.78 is 11.5. The van der Waals surface area contributed by atoms with Crippen molar-refractivity contribution in [3.63, 3.8) is 0 Å². The number of hydrogen-bond donors (Lipinski definition) is 2. The first-order valence-corrected chi connectivity index (χ1v) is 10.9. The molecule has 3 aromatic carbocycles. The second-order valence-corrected chi connectivity index (χ2v) is 8.12. The molecular weight excluding hydrogens is 386 g/mol. The van der Waals surface area contributed by atoms with Gasteiger partial charge in [0.2, 0.25) is 0 Å². The lowest BCUT2D eigenvalue weighted by Gasteiger charge is -2.18. The number of aliphatic hydroxyl groups excluding tert-OH is 1. The summed E-state index contributed by atoms with van der Waals surface area (Å²) in [6.07, 6.45) is 0.365. The Balaban J connectivity index is 1.55. The van der Waals surface area contributed by atoms with Crippen molar-refractivity contribution in [2.75, 3.05) is 20.3 Å². The Morgan fingerprint density at radius 1 is 0.839 bits per heavy atom. The van der Waals surface area contributed by atoms with Gasteiger partial charge in [-0.2, -0.15) is 0 Å². The van der Waals surface area contributed by atoms with E-state index in [9.17, 15) is 5.11 Å². The van der Waals surface area contributed by atoms with Crippen LogP contribution in [0.3, 0.4) is 0 Å². The van der Waals surface area contributed by atoms with Gasteiger partial charge in [-0.1, -0.05) is 42.5 Å². The zero-order valence-corrected chi connectivity index (χ0v) is 19.0. The van der Waals surface area contributed by atoms with E-state index in [0.29, 0.717) is 11.5 Å². The lowest BCUT2D eigenvalue weighted by molar-refractivity contribution is -0.670. The van der Waals surface area contributed by atoms with E-state index in [2.05, 4.69) is 55.6 Å². The van der Waals surface area contributed by atoms with Crippen LogP contribution in [0.2, 0.25) is 0 Å². The molecule has 3 N–H and O–H groups in total. The van der Waals surface area contributed by atoms with E-state index >= 15 is 0 Å². The number of rotatable bonds is 10. The average molecular weight is 421 g/mol. The Hall–Kier alpha value is -2.82. The fraction of sp³-hybridized carbons (Fsp3) is 0.333. The highest BCUT2D eigenvalue weighted by Gasteiger charge is 2.15. The van der Waals surface area contributed by atoms with Gasteiger partial charge in [0.15, 0.2) is 11.5 Å². The Morgan fingerprint density at radius 3 is 2.32 bits per heavy atom. The molecule has 0 saturated carbocycles. The maximum Gasteiger partial charge on any atom is 0.161 e. The Kier molecular flexibility index (Phi) is 8.10. The minimum Gasteiger partial charge on any atom is -0.493 e. The van der Waals surface area contributed by atoms with Gasteiger partial charge in [-0.25, -0.2) is 0 Å². The lowest BCUT2D eigenvalue weighted by Crippen LogP contribution is -2.83. The monoisotopic (exact) mass is 420 g/mol. The molecule has 164 valence electrons. The standard InChI is InChI=1S/C27H33NO3/c1-19-14-21(3)24(15-20(19)2)25(29)18-31-26-11-10-23(16-27(26)30-4)17-28-13-12-22-8-6-5-7-9-22/h5-11,14-16,25,28-29H,12-13,17-18H2,1-4H3/p+1/t25-/m1/s1. The average Bonchev–Trinajstić information content (AvgIpc) is 2.78. The molecule has 0 unspecified atom stereocenters. The summed E-state index contributed by atoms with van der Waals surface area (Å²) in [4.78, 5) is 0. The SMILES string of the molecule is COc1cc(C[NH2+]CCc2ccccc2)ccc1OC[C@@H](O)c1cc(C)c(C)cc1C. The molecule has 0 aromatic heterocycles. The number of ether oxygens (including phenoxy) is 2. The van der Waals surface area contributed by atoms with Crippen molar-refractivity contribution in [1.29, 1.82) is 0 Å². The van der Waals surface area contributed by atoms with Gasteiger partial charge in [-0.05, 0) is 66.8 Å². The molecule has 0 aliphatic rings. The summed E-state index contributed by atoms with van der Waals surface area (Å²) in [6, 6.07) is 20.7. The molecule has 3 rings (SSSR count). The van der Waals surface area contributed by atoms with Gasteiger partial charge < -0.3 is 19.9 Å². The Labute approximate surface area is 185 Å². The van der Waals surface area contributed by atoms with Crippen molar-refractivity contribution in [3.05, 3.63) is 94.0 Å². The third-order valence-electron chi connectivity index (χ3n) is 5.73. The lowest BCUT2D eigenvalue weighted by atomic mass is 9.97. The summed E-state index contributed by atoms with van der Waals surface area (Å²) >= 11 is 0. The fourth-order valence-electron chi connectivity index (χ4n) is 3.74. The van der Waals surface area contributed by atoms with E-state index in [1.807, 2.05) is 31.2 Å². The number of aliphatic hydroxyl groups is 1. The van der Waals surface area contributed by atoms with E-state index in [1.165, 1.54) is 22.3 Å². The van der Waals surface area contributed by atoms with Crippen molar-refractivity contribution in [3.8, 4) is 11.5 Å². The van der Waals surface area contributed by atoms with E-state index in [4.69, 9.17) is 9.47 Å². The summed E-state index contributed by atoms with van der Waals surface area (Å²) in [7, 11) is 1.65. The number of quaternary nitrogens is 1. The van der Waals surface area contributed by atoms with Crippen molar-refractivity contribution in [2.45, 2.75) is 39.8 Å². The van der Waals surface area contributed by atoms with Gasteiger partial charge in [0, 0.05) is 12.0 Å². The van der Waals surface area contributed by atoms with Crippen molar-refractivity contribution in [2.24, 2.45) is 0 Å². The smallest absolute Gasteiger partial charge is 0.161 e. The highest BCUT2D eigenvalue weighted by atomic mass is 16.5. The molecule has 0 radical (unpaired) electrons. The molecule has 4 nitrogen and oxygen atoms in total. The van der Waals surface area contributed by atoms with Crippen LogP contribution < -0.4 is 14.8 Å². The van der Waals surface area contributed by atoms with Crippen LogP contribution in [0.5, 0.6) is 11.5 Å². The molecule has 0 spiro atoms. The van der Waals surface area contributed by atoms with Gasteiger partial charge in [0.25, 0.3) is 0 Å². The molecule has 0 heterocycles. The first kappa shape index (κ1) is 22.9. The molecular formula is C27H34NO3+. The fourth-order valence-corrected chi connectivity index (χ4v) is 3.74. The number of benzene rings is 3. The molecule has 31 heavy (non-hydrogen) atoms. The number of aryl methyl sites for hydroxylation is 3. The van der Waals surface area contributed by atoms with Gasteiger partial charge in [-0.3, -0.25) is 0 Å². The molecule has 0 saturated heterocycles. The zero-order valence-electron chi connectivity index (χ0n) is 19.0. The van der Waals surface area contributed by atoms with Gasteiger partial charge in [-0.15, -0.1) is 0 Å². The van der Waals surface area contributed by atoms with Crippen LogP contribution in [0.1, 0.15) is 39.5 Å². The van der Waals surface area contributed by atoms with Crippen LogP contribution in [0.15, 0.2) is 60.7 Å². The molecule has 0 aliphatic carbocycles. The summed E-state index contributed by atoms with van der Waals surface area (Å²) in [5.74, 6) is 1.34. The third-order valence-corrected chi connectivity index (χ3v) is 5.73. The highest BCUT2D eigenvalue weighted by Crippen LogP contribution is 2.29.